The van der Waals surface area contributed by atoms with E-state index in [2.05, 4.69) is 4.90 Å². The molecule has 1 amide bonds. The first-order valence-electron chi connectivity index (χ1n) is 7.24. The van der Waals surface area contributed by atoms with E-state index in [1.54, 1.807) is 11.9 Å². The minimum absolute atomic E-state index is 0.0689. The molecule has 0 aromatic carbocycles. The molecule has 2 heterocycles. The Morgan fingerprint density at radius 2 is 2.30 bits per heavy atom. The molecular formula is C15H24N2O3. The van der Waals surface area contributed by atoms with Gasteiger partial charge in [0, 0.05) is 13.1 Å². The van der Waals surface area contributed by atoms with E-state index in [1.165, 1.54) is 0 Å². The number of hydrogen-bond acceptors (Lipinski definition) is 4. The number of nitrogens with zero attached hydrogens (tertiary/aromatic N) is 2. The lowest BCUT2D eigenvalue weighted by Gasteiger charge is -2.34. The summed E-state index contributed by atoms with van der Waals surface area (Å²) in [5, 5.41) is 9.37. The molecule has 20 heavy (non-hydrogen) atoms. The van der Waals surface area contributed by atoms with Crippen LogP contribution in [0.4, 0.5) is 0 Å². The van der Waals surface area contributed by atoms with Crippen LogP contribution in [0.25, 0.3) is 0 Å². The summed E-state index contributed by atoms with van der Waals surface area (Å²) in [6, 6.07) is 3.93. The van der Waals surface area contributed by atoms with Gasteiger partial charge in [-0.1, -0.05) is 6.42 Å². The van der Waals surface area contributed by atoms with E-state index in [0.29, 0.717) is 13.1 Å². The Kier molecular flexibility index (Phi) is 5.20. The van der Waals surface area contributed by atoms with Gasteiger partial charge in [-0.15, -0.1) is 0 Å². The Labute approximate surface area is 120 Å². The molecule has 0 spiro atoms. The monoisotopic (exact) mass is 280 g/mol. The first-order chi connectivity index (χ1) is 9.60. The number of aryl methyl sites for hydroxylation is 1. The number of likely N-dealkylation sites (N-methyl/N-ethyl adjacent to an activating group) is 1. The summed E-state index contributed by atoms with van der Waals surface area (Å²) in [6.45, 7) is 3.79. The maximum absolute atomic E-state index is 12.2. The number of furan rings is 1. The van der Waals surface area contributed by atoms with Crippen LogP contribution in [0.15, 0.2) is 16.5 Å². The van der Waals surface area contributed by atoms with Crippen molar-refractivity contribution in [2.24, 2.45) is 0 Å². The van der Waals surface area contributed by atoms with Crippen LogP contribution in [-0.4, -0.2) is 53.6 Å². The van der Waals surface area contributed by atoms with E-state index < -0.39 is 0 Å². The molecule has 112 valence electrons. The zero-order chi connectivity index (χ0) is 14.5. The number of amides is 1. The summed E-state index contributed by atoms with van der Waals surface area (Å²) in [5.74, 6) is 1.73. The molecule has 0 radical (unpaired) electrons. The first kappa shape index (κ1) is 15.1. The highest BCUT2D eigenvalue weighted by atomic mass is 16.3. The molecule has 1 saturated heterocycles. The third kappa shape index (κ3) is 3.84. The van der Waals surface area contributed by atoms with Gasteiger partial charge < -0.3 is 14.4 Å². The summed E-state index contributed by atoms with van der Waals surface area (Å²) in [6.07, 6.45) is 3.22. The van der Waals surface area contributed by atoms with Gasteiger partial charge in [0.1, 0.15) is 11.5 Å². The van der Waals surface area contributed by atoms with Crippen molar-refractivity contribution >= 4 is 5.91 Å². The van der Waals surface area contributed by atoms with Gasteiger partial charge in [0.05, 0.1) is 19.7 Å². The molecule has 1 fully saturated rings. The van der Waals surface area contributed by atoms with Gasteiger partial charge in [-0.25, -0.2) is 0 Å². The maximum Gasteiger partial charge on any atom is 0.236 e. The van der Waals surface area contributed by atoms with E-state index in [0.717, 1.165) is 37.3 Å². The molecule has 0 saturated carbocycles. The second-order valence-corrected chi connectivity index (χ2v) is 5.56. The molecule has 1 aliphatic heterocycles. The van der Waals surface area contributed by atoms with Crippen LogP contribution >= 0.6 is 0 Å². The Morgan fingerprint density at radius 1 is 1.50 bits per heavy atom. The second-order valence-electron chi connectivity index (χ2n) is 5.56. The normalized spacial score (nSPS) is 20.1. The fourth-order valence-electron chi connectivity index (χ4n) is 2.66. The van der Waals surface area contributed by atoms with Crippen molar-refractivity contribution in [3.05, 3.63) is 23.7 Å². The molecule has 0 aliphatic carbocycles. The number of likely N-dealkylation sites (tertiary alicyclic amines) is 1. The summed E-state index contributed by atoms with van der Waals surface area (Å²) >= 11 is 0. The number of hydrogen-bond donors (Lipinski definition) is 1. The van der Waals surface area contributed by atoms with Crippen LogP contribution in [0.2, 0.25) is 0 Å². The third-order valence-corrected chi connectivity index (χ3v) is 3.91. The molecule has 1 unspecified atom stereocenters. The average molecular weight is 280 g/mol. The van der Waals surface area contributed by atoms with Crippen molar-refractivity contribution in [2.45, 2.75) is 38.8 Å². The lowest BCUT2D eigenvalue weighted by molar-refractivity contribution is -0.133. The SMILES string of the molecule is Cc1ccc(CN(C)C(=O)CN2CCCCC2CO)o1. The molecule has 1 atom stereocenters. The molecule has 1 aromatic heterocycles. The highest BCUT2D eigenvalue weighted by molar-refractivity contribution is 5.78. The van der Waals surface area contributed by atoms with E-state index in [1.807, 2.05) is 19.1 Å². The number of rotatable bonds is 5. The Morgan fingerprint density at radius 3 is 2.95 bits per heavy atom. The van der Waals surface area contributed by atoms with Gasteiger partial charge in [-0.3, -0.25) is 9.69 Å². The number of carbonyl (C=O) groups excluding carboxylic acids is 1. The van der Waals surface area contributed by atoms with Gasteiger partial charge in [-0.05, 0) is 38.4 Å². The van der Waals surface area contributed by atoms with E-state index in [-0.39, 0.29) is 18.6 Å². The van der Waals surface area contributed by atoms with Crippen molar-refractivity contribution < 1.29 is 14.3 Å². The van der Waals surface area contributed by atoms with Gasteiger partial charge in [0.25, 0.3) is 0 Å². The molecule has 5 heteroatoms. The van der Waals surface area contributed by atoms with Crippen LogP contribution in [0, 0.1) is 6.92 Å². The second kappa shape index (κ2) is 6.90. The van der Waals surface area contributed by atoms with Crippen molar-refractivity contribution in [1.29, 1.82) is 0 Å². The van der Waals surface area contributed by atoms with Gasteiger partial charge in [-0.2, -0.15) is 0 Å². The van der Waals surface area contributed by atoms with E-state index in [4.69, 9.17) is 4.42 Å². The summed E-state index contributed by atoms with van der Waals surface area (Å²) in [5.41, 5.74) is 0. The van der Waals surface area contributed by atoms with Crippen LogP contribution < -0.4 is 0 Å². The molecule has 1 aromatic rings. The van der Waals surface area contributed by atoms with Crippen molar-refractivity contribution in [2.75, 3.05) is 26.7 Å². The number of aliphatic hydroxyl groups is 1. The third-order valence-electron chi connectivity index (χ3n) is 3.91. The van der Waals surface area contributed by atoms with Gasteiger partial charge >= 0.3 is 0 Å². The van der Waals surface area contributed by atoms with Crippen LogP contribution in [0.5, 0.6) is 0 Å². The Bertz CT molecular complexity index is 444. The number of carbonyl (C=O) groups is 1. The van der Waals surface area contributed by atoms with E-state index >= 15 is 0 Å². The summed E-state index contributed by atoms with van der Waals surface area (Å²) in [4.78, 5) is 16.0. The first-order valence-corrected chi connectivity index (χ1v) is 7.24. The molecule has 1 N–H and O–H groups in total. The number of piperidine rings is 1. The molecule has 1 aliphatic rings. The van der Waals surface area contributed by atoms with Crippen LogP contribution in [0.1, 0.15) is 30.8 Å². The lowest BCUT2D eigenvalue weighted by Crippen LogP contribution is -2.47. The molecule has 5 nitrogen and oxygen atoms in total. The highest BCUT2D eigenvalue weighted by Gasteiger charge is 2.24. The minimum atomic E-state index is 0.0689. The molecule has 2 rings (SSSR count). The maximum atomic E-state index is 12.2. The van der Waals surface area contributed by atoms with Gasteiger partial charge in [0.2, 0.25) is 5.91 Å². The molecule has 0 bridgehead atoms. The predicted molar refractivity (Wildman–Crippen MR) is 76.2 cm³/mol. The average Bonchev–Trinajstić information content (AvgIpc) is 2.84. The van der Waals surface area contributed by atoms with Crippen LogP contribution in [0.3, 0.4) is 0 Å². The van der Waals surface area contributed by atoms with Crippen molar-refractivity contribution in [1.82, 2.24) is 9.80 Å². The largest absolute Gasteiger partial charge is 0.464 e. The Hall–Kier alpha value is -1.33. The minimum Gasteiger partial charge on any atom is -0.464 e. The van der Waals surface area contributed by atoms with Crippen LogP contribution in [-0.2, 0) is 11.3 Å². The zero-order valence-electron chi connectivity index (χ0n) is 12.3. The fraction of sp³-hybridized carbons (Fsp3) is 0.667. The zero-order valence-corrected chi connectivity index (χ0v) is 12.3. The van der Waals surface area contributed by atoms with Gasteiger partial charge in [0.15, 0.2) is 0 Å². The highest BCUT2D eigenvalue weighted by Crippen LogP contribution is 2.16. The quantitative estimate of drug-likeness (QED) is 0.885. The molecular weight excluding hydrogens is 256 g/mol. The topological polar surface area (TPSA) is 56.9 Å². The van der Waals surface area contributed by atoms with E-state index in [9.17, 15) is 9.90 Å². The summed E-state index contributed by atoms with van der Waals surface area (Å²) in [7, 11) is 1.79. The lowest BCUT2D eigenvalue weighted by atomic mass is 10.0. The smallest absolute Gasteiger partial charge is 0.236 e. The Balaban J connectivity index is 1.86. The standard InChI is InChI=1S/C15H24N2O3/c1-12-6-7-14(20-12)9-16(2)15(19)10-17-8-4-3-5-13(17)11-18/h6-7,13,18H,3-5,8-11H2,1-2H3. The summed E-state index contributed by atoms with van der Waals surface area (Å²) < 4.78 is 5.49. The number of aliphatic hydroxyl groups excluding tert-OH is 1. The van der Waals surface area contributed by atoms with Crippen molar-refractivity contribution in [3.8, 4) is 0 Å². The van der Waals surface area contributed by atoms with Crippen molar-refractivity contribution in [3.63, 3.8) is 0 Å². The predicted octanol–water partition coefficient (Wildman–Crippen LogP) is 1.39. The fourth-order valence-corrected chi connectivity index (χ4v) is 2.66.